The number of anilines is 1. The van der Waals surface area contributed by atoms with Gasteiger partial charge < -0.3 is 4.90 Å². The first-order valence-electron chi connectivity index (χ1n) is 7.95. The summed E-state index contributed by atoms with van der Waals surface area (Å²) in [6.07, 6.45) is 3.13. The molecule has 0 aliphatic heterocycles. The first-order valence-corrected chi connectivity index (χ1v) is 9.44. The molecular formula is C19H22N2O3S. The lowest BCUT2D eigenvalue weighted by atomic mass is 10.2. The molecular weight excluding hydrogens is 336 g/mol. The van der Waals surface area contributed by atoms with Crippen LogP contribution in [0.5, 0.6) is 0 Å². The van der Waals surface area contributed by atoms with E-state index in [1.807, 2.05) is 31.2 Å². The summed E-state index contributed by atoms with van der Waals surface area (Å²) in [4.78, 5) is 14.0. The first kappa shape index (κ1) is 18.9. The molecule has 2 aromatic carbocycles. The Morgan fingerprint density at radius 3 is 2.24 bits per heavy atom. The minimum Gasteiger partial charge on any atom is -0.312 e. The Bertz CT molecular complexity index is 855. The van der Waals surface area contributed by atoms with Crippen LogP contribution < -0.4 is 9.62 Å². The average molecular weight is 358 g/mol. The fraction of sp³-hybridized carbons (Fsp3) is 0.211. The van der Waals surface area contributed by atoms with Crippen LogP contribution in [0.25, 0.3) is 6.08 Å². The van der Waals surface area contributed by atoms with E-state index >= 15 is 0 Å². The molecule has 0 heterocycles. The molecule has 1 amide bonds. The number of carbonyl (C=O) groups is 1. The van der Waals surface area contributed by atoms with Crippen molar-refractivity contribution in [3.8, 4) is 0 Å². The topological polar surface area (TPSA) is 66.5 Å². The van der Waals surface area contributed by atoms with E-state index in [2.05, 4.69) is 4.72 Å². The summed E-state index contributed by atoms with van der Waals surface area (Å²) >= 11 is 0. The van der Waals surface area contributed by atoms with Crippen molar-refractivity contribution < 1.29 is 13.2 Å². The molecule has 2 rings (SSSR count). The maximum absolute atomic E-state index is 12.2. The number of nitrogens with one attached hydrogen (secondary N) is 1. The molecule has 0 atom stereocenters. The summed E-state index contributed by atoms with van der Waals surface area (Å²) in [5.74, 6) is -0.159. The molecule has 6 heteroatoms. The van der Waals surface area contributed by atoms with E-state index in [0.29, 0.717) is 6.54 Å². The molecule has 0 aromatic heterocycles. The maximum Gasteiger partial charge on any atom is 0.250 e. The monoisotopic (exact) mass is 358 g/mol. The van der Waals surface area contributed by atoms with Gasteiger partial charge in [-0.25, -0.2) is 13.1 Å². The fourth-order valence-corrected chi connectivity index (χ4v) is 3.25. The summed E-state index contributed by atoms with van der Waals surface area (Å²) in [5, 5.41) is 0. The Morgan fingerprint density at radius 2 is 1.68 bits per heavy atom. The molecule has 0 aliphatic rings. The molecule has 0 radical (unpaired) electrons. The molecule has 1 N–H and O–H groups in total. The maximum atomic E-state index is 12.2. The highest BCUT2D eigenvalue weighted by atomic mass is 32.2. The molecule has 0 fully saturated rings. The van der Waals surface area contributed by atoms with Crippen LogP contribution in [0, 0.1) is 6.92 Å². The number of hydrogen-bond acceptors (Lipinski definition) is 3. The van der Waals surface area contributed by atoms with Crippen molar-refractivity contribution in [1.82, 2.24) is 4.72 Å². The van der Waals surface area contributed by atoms with Crippen molar-refractivity contribution in [3.63, 3.8) is 0 Å². The lowest BCUT2D eigenvalue weighted by molar-refractivity contribution is -0.113. The van der Waals surface area contributed by atoms with Gasteiger partial charge in [0.15, 0.2) is 0 Å². The fourth-order valence-electron chi connectivity index (χ4n) is 2.21. The van der Waals surface area contributed by atoms with Gasteiger partial charge in [-0.15, -0.1) is 0 Å². The number of carbonyl (C=O) groups excluding carboxylic acids is 1. The SMILES string of the molecule is CCNS(=O)(=O)c1ccc(/C=C/C(=O)N(C)c2ccc(C)cc2)cc1. The van der Waals surface area contributed by atoms with Gasteiger partial charge in [-0.2, -0.15) is 0 Å². The van der Waals surface area contributed by atoms with Gasteiger partial charge in [-0.3, -0.25) is 4.79 Å². The molecule has 0 saturated heterocycles. The smallest absolute Gasteiger partial charge is 0.250 e. The normalized spacial score (nSPS) is 11.6. The molecule has 0 saturated carbocycles. The minimum absolute atomic E-state index is 0.159. The second-order valence-corrected chi connectivity index (χ2v) is 7.40. The molecule has 25 heavy (non-hydrogen) atoms. The Morgan fingerprint density at radius 1 is 1.08 bits per heavy atom. The summed E-state index contributed by atoms with van der Waals surface area (Å²) in [7, 11) is -1.75. The van der Waals surface area contributed by atoms with Crippen molar-refractivity contribution in [2.45, 2.75) is 18.7 Å². The van der Waals surface area contributed by atoms with E-state index in [9.17, 15) is 13.2 Å². The van der Waals surface area contributed by atoms with Crippen molar-refractivity contribution in [2.24, 2.45) is 0 Å². The molecule has 0 aliphatic carbocycles. The van der Waals surface area contributed by atoms with Crippen LogP contribution in [-0.2, 0) is 14.8 Å². The average Bonchev–Trinajstić information content (AvgIpc) is 2.60. The third kappa shape index (κ3) is 5.01. The van der Waals surface area contributed by atoms with Crippen molar-refractivity contribution in [1.29, 1.82) is 0 Å². The van der Waals surface area contributed by atoms with Gasteiger partial charge in [0.25, 0.3) is 5.91 Å². The Hall–Kier alpha value is -2.44. The van der Waals surface area contributed by atoms with Gasteiger partial charge in [0, 0.05) is 25.4 Å². The van der Waals surface area contributed by atoms with Crippen LogP contribution in [0.4, 0.5) is 5.69 Å². The van der Waals surface area contributed by atoms with E-state index in [-0.39, 0.29) is 10.8 Å². The summed E-state index contributed by atoms with van der Waals surface area (Å²) < 4.78 is 26.2. The number of aryl methyl sites for hydroxylation is 1. The predicted octanol–water partition coefficient (Wildman–Crippen LogP) is 2.97. The third-order valence-corrected chi connectivity index (χ3v) is 5.26. The Kier molecular flexibility index (Phi) is 6.12. The van der Waals surface area contributed by atoms with E-state index < -0.39 is 10.0 Å². The van der Waals surface area contributed by atoms with Crippen LogP contribution in [0.15, 0.2) is 59.5 Å². The number of nitrogens with zero attached hydrogens (tertiary/aromatic N) is 1. The van der Waals surface area contributed by atoms with Gasteiger partial charge in [0.1, 0.15) is 0 Å². The second-order valence-electron chi connectivity index (χ2n) is 5.64. The lowest BCUT2D eigenvalue weighted by Crippen LogP contribution is -2.23. The van der Waals surface area contributed by atoms with E-state index in [1.165, 1.54) is 18.2 Å². The number of hydrogen-bond donors (Lipinski definition) is 1. The van der Waals surface area contributed by atoms with Crippen molar-refractivity contribution in [3.05, 3.63) is 65.7 Å². The molecule has 2 aromatic rings. The van der Waals surface area contributed by atoms with Crippen LogP contribution in [-0.4, -0.2) is 27.9 Å². The molecule has 0 unspecified atom stereocenters. The summed E-state index contributed by atoms with van der Waals surface area (Å²) in [6.45, 7) is 4.06. The highest BCUT2D eigenvalue weighted by Crippen LogP contribution is 2.15. The zero-order valence-electron chi connectivity index (χ0n) is 14.6. The zero-order chi connectivity index (χ0) is 18.4. The first-order chi connectivity index (χ1) is 11.8. The number of sulfonamides is 1. The van der Waals surface area contributed by atoms with Gasteiger partial charge in [0.05, 0.1) is 4.90 Å². The van der Waals surface area contributed by atoms with E-state index in [0.717, 1.165) is 16.8 Å². The number of benzene rings is 2. The van der Waals surface area contributed by atoms with E-state index in [4.69, 9.17) is 0 Å². The highest BCUT2D eigenvalue weighted by molar-refractivity contribution is 7.89. The molecule has 132 valence electrons. The number of rotatable bonds is 6. The summed E-state index contributed by atoms with van der Waals surface area (Å²) in [5.41, 5.74) is 2.70. The molecule has 0 spiro atoms. The largest absolute Gasteiger partial charge is 0.312 e. The Balaban J connectivity index is 2.08. The van der Waals surface area contributed by atoms with Gasteiger partial charge in [0.2, 0.25) is 10.0 Å². The van der Waals surface area contributed by atoms with Crippen LogP contribution in [0.1, 0.15) is 18.1 Å². The Labute approximate surface area is 149 Å². The highest BCUT2D eigenvalue weighted by Gasteiger charge is 2.11. The zero-order valence-corrected chi connectivity index (χ0v) is 15.4. The van der Waals surface area contributed by atoms with E-state index in [1.54, 1.807) is 37.1 Å². The third-order valence-electron chi connectivity index (χ3n) is 3.69. The number of amides is 1. The van der Waals surface area contributed by atoms with Crippen molar-refractivity contribution in [2.75, 3.05) is 18.5 Å². The van der Waals surface area contributed by atoms with Gasteiger partial charge in [-0.05, 0) is 42.8 Å². The van der Waals surface area contributed by atoms with Gasteiger partial charge in [-0.1, -0.05) is 36.8 Å². The predicted molar refractivity (Wildman–Crippen MR) is 101 cm³/mol. The van der Waals surface area contributed by atoms with Crippen molar-refractivity contribution >= 4 is 27.7 Å². The quantitative estimate of drug-likeness (QED) is 0.808. The summed E-state index contributed by atoms with van der Waals surface area (Å²) in [6, 6.07) is 14.1. The lowest BCUT2D eigenvalue weighted by Gasteiger charge is -2.15. The molecule has 0 bridgehead atoms. The minimum atomic E-state index is -3.46. The van der Waals surface area contributed by atoms with Crippen LogP contribution >= 0.6 is 0 Å². The van der Waals surface area contributed by atoms with Crippen LogP contribution in [0.3, 0.4) is 0 Å². The van der Waals surface area contributed by atoms with Crippen LogP contribution in [0.2, 0.25) is 0 Å². The second kappa shape index (κ2) is 8.09. The van der Waals surface area contributed by atoms with Gasteiger partial charge >= 0.3 is 0 Å². The standard InChI is InChI=1S/C19H22N2O3S/c1-4-20-25(23,24)18-12-7-16(8-13-18)9-14-19(22)21(3)17-10-5-15(2)6-11-17/h5-14,20H,4H2,1-3H3/b14-9+. The molecule has 5 nitrogen and oxygen atoms in total. The number of likely N-dealkylation sites (N-methyl/N-ethyl adjacent to an activating group) is 1.